The molecular weight excluding hydrogens is 346 g/mol. The van der Waals surface area contributed by atoms with E-state index >= 15 is 0 Å². The van der Waals surface area contributed by atoms with Crippen molar-refractivity contribution in [1.82, 2.24) is 19.5 Å². The zero-order valence-electron chi connectivity index (χ0n) is 15.7. The summed E-state index contributed by atoms with van der Waals surface area (Å²) < 4.78 is 1.80. The van der Waals surface area contributed by atoms with Crippen LogP contribution >= 0.6 is 11.6 Å². The lowest BCUT2D eigenvalue weighted by atomic mass is 10.1. The van der Waals surface area contributed by atoms with E-state index in [4.69, 9.17) is 16.6 Å². The van der Waals surface area contributed by atoms with Gasteiger partial charge in [-0.25, -0.2) is 9.50 Å². The van der Waals surface area contributed by atoms with Crippen LogP contribution in [0, 0.1) is 6.92 Å². The number of aryl methyl sites for hydroxylation is 1. The fourth-order valence-electron chi connectivity index (χ4n) is 2.99. The largest absolute Gasteiger partial charge is 0.370 e. The van der Waals surface area contributed by atoms with Gasteiger partial charge in [0.05, 0.1) is 6.20 Å². The van der Waals surface area contributed by atoms with Gasteiger partial charge in [0.25, 0.3) is 0 Å². The minimum atomic E-state index is 0.757. The molecule has 26 heavy (non-hydrogen) atoms. The zero-order valence-corrected chi connectivity index (χ0v) is 16.4. The first-order chi connectivity index (χ1) is 12.6. The van der Waals surface area contributed by atoms with Crippen LogP contribution in [-0.2, 0) is 0 Å². The summed E-state index contributed by atoms with van der Waals surface area (Å²) in [4.78, 5) is 7.18. The summed E-state index contributed by atoms with van der Waals surface area (Å²) in [7, 11) is 0. The Morgan fingerprint density at radius 3 is 2.73 bits per heavy atom. The van der Waals surface area contributed by atoms with Gasteiger partial charge in [-0.15, -0.1) is 0 Å². The van der Waals surface area contributed by atoms with Crippen LogP contribution in [0.2, 0.25) is 5.02 Å². The van der Waals surface area contributed by atoms with Crippen LogP contribution in [0.4, 0.5) is 5.82 Å². The first-order valence-corrected chi connectivity index (χ1v) is 9.57. The highest BCUT2D eigenvalue weighted by Crippen LogP contribution is 2.28. The summed E-state index contributed by atoms with van der Waals surface area (Å²) in [5.41, 5.74) is 3.91. The van der Waals surface area contributed by atoms with Crippen LogP contribution in [0.5, 0.6) is 0 Å². The molecule has 0 amide bonds. The van der Waals surface area contributed by atoms with E-state index in [0.717, 1.165) is 65.8 Å². The van der Waals surface area contributed by atoms with Crippen molar-refractivity contribution >= 4 is 23.1 Å². The Kier molecular flexibility index (Phi) is 6.12. The maximum Gasteiger partial charge on any atom is 0.165 e. The number of nitrogens with one attached hydrogen (secondary N) is 1. The lowest BCUT2D eigenvalue weighted by molar-refractivity contribution is 0.303. The normalized spacial score (nSPS) is 11.4. The Balaban J connectivity index is 1.74. The van der Waals surface area contributed by atoms with E-state index in [1.807, 2.05) is 37.5 Å². The molecule has 0 radical (unpaired) electrons. The zero-order chi connectivity index (χ0) is 18.5. The number of hydrogen-bond acceptors (Lipinski definition) is 4. The summed E-state index contributed by atoms with van der Waals surface area (Å²) >= 11 is 6.28. The standard InChI is InChI=1S/C20H26ClN5/c1-4-25(5-2)11-6-10-22-19-9-12-26-20(24-19)17(14-23-26)16-8-7-15(3)18(21)13-16/h7-9,12-14H,4-6,10-11H2,1-3H3,(H,22,24). The van der Waals surface area contributed by atoms with E-state index in [-0.39, 0.29) is 0 Å². The topological polar surface area (TPSA) is 45.5 Å². The van der Waals surface area contributed by atoms with Crippen molar-refractivity contribution in [1.29, 1.82) is 0 Å². The van der Waals surface area contributed by atoms with Crippen molar-refractivity contribution in [2.45, 2.75) is 27.2 Å². The van der Waals surface area contributed by atoms with Crippen LogP contribution in [0.25, 0.3) is 16.8 Å². The van der Waals surface area contributed by atoms with E-state index in [1.54, 1.807) is 4.52 Å². The van der Waals surface area contributed by atoms with Gasteiger partial charge in [0.2, 0.25) is 0 Å². The molecule has 0 aliphatic heterocycles. The van der Waals surface area contributed by atoms with Gasteiger partial charge in [0.1, 0.15) is 5.82 Å². The summed E-state index contributed by atoms with van der Waals surface area (Å²) in [6, 6.07) is 8.02. The molecule has 3 aromatic rings. The average Bonchev–Trinajstić information content (AvgIpc) is 3.07. The van der Waals surface area contributed by atoms with E-state index in [9.17, 15) is 0 Å². The van der Waals surface area contributed by atoms with Crippen LogP contribution in [0.15, 0.2) is 36.7 Å². The Morgan fingerprint density at radius 1 is 1.19 bits per heavy atom. The third kappa shape index (κ3) is 4.17. The number of halogens is 1. The number of anilines is 1. The molecule has 0 aliphatic carbocycles. The van der Waals surface area contributed by atoms with Gasteiger partial charge in [0.15, 0.2) is 5.65 Å². The molecule has 2 heterocycles. The van der Waals surface area contributed by atoms with Gasteiger partial charge < -0.3 is 10.2 Å². The van der Waals surface area contributed by atoms with Crippen molar-refractivity contribution in [3.05, 3.63) is 47.2 Å². The number of rotatable bonds is 8. The van der Waals surface area contributed by atoms with E-state index < -0.39 is 0 Å². The van der Waals surface area contributed by atoms with Gasteiger partial charge in [0, 0.05) is 23.3 Å². The van der Waals surface area contributed by atoms with Crippen LogP contribution in [0.3, 0.4) is 0 Å². The third-order valence-electron chi connectivity index (χ3n) is 4.70. The fraction of sp³-hybridized carbons (Fsp3) is 0.400. The molecule has 1 aromatic carbocycles. The predicted molar refractivity (Wildman–Crippen MR) is 109 cm³/mol. The molecule has 3 rings (SSSR count). The second-order valence-corrected chi connectivity index (χ2v) is 6.82. The molecule has 0 aliphatic rings. The number of nitrogens with zero attached hydrogens (tertiary/aromatic N) is 4. The summed E-state index contributed by atoms with van der Waals surface area (Å²) in [6.07, 6.45) is 4.87. The summed E-state index contributed by atoms with van der Waals surface area (Å²) in [5, 5.41) is 8.59. The lowest BCUT2D eigenvalue weighted by Crippen LogP contribution is -2.25. The highest BCUT2D eigenvalue weighted by molar-refractivity contribution is 6.31. The van der Waals surface area contributed by atoms with Crippen molar-refractivity contribution in [2.24, 2.45) is 0 Å². The van der Waals surface area contributed by atoms with Gasteiger partial charge in [-0.1, -0.05) is 37.6 Å². The Bertz CT molecular complexity index is 870. The van der Waals surface area contributed by atoms with Crippen molar-refractivity contribution in [3.63, 3.8) is 0 Å². The second kappa shape index (κ2) is 8.52. The molecule has 0 fully saturated rings. The van der Waals surface area contributed by atoms with Gasteiger partial charge in [-0.2, -0.15) is 5.10 Å². The van der Waals surface area contributed by atoms with E-state index in [1.165, 1.54) is 0 Å². The molecule has 0 saturated carbocycles. The number of hydrogen-bond donors (Lipinski definition) is 1. The SMILES string of the molecule is CCN(CC)CCCNc1ccn2ncc(-c3ccc(C)c(Cl)c3)c2n1. The Labute approximate surface area is 160 Å². The van der Waals surface area contributed by atoms with Gasteiger partial charge in [-0.05, 0) is 56.2 Å². The molecule has 0 unspecified atom stereocenters. The minimum absolute atomic E-state index is 0.757. The monoisotopic (exact) mass is 371 g/mol. The smallest absolute Gasteiger partial charge is 0.165 e. The van der Waals surface area contributed by atoms with Crippen molar-refractivity contribution < 1.29 is 0 Å². The fourth-order valence-corrected chi connectivity index (χ4v) is 3.17. The van der Waals surface area contributed by atoms with Crippen LogP contribution in [0.1, 0.15) is 25.8 Å². The minimum Gasteiger partial charge on any atom is -0.370 e. The maximum atomic E-state index is 6.28. The van der Waals surface area contributed by atoms with E-state index in [0.29, 0.717) is 0 Å². The summed E-state index contributed by atoms with van der Waals surface area (Å²) in [6.45, 7) is 10.6. The molecule has 5 nitrogen and oxygen atoms in total. The molecule has 0 spiro atoms. The maximum absolute atomic E-state index is 6.28. The second-order valence-electron chi connectivity index (χ2n) is 6.41. The first kappa shape index (κ1) is 18.7. The molecular formula is C20H26ClN5. The predicted octanol–water partition coefficient (Wildman–Crippen LogP) is 4.50. The molecule has 138 valence electrons. The molecule has 0 saturated heterocycles. The lowest BCUT2D eigenvalue weighted by Gasteiger charge is -2.17. The average molecular weight is 372 g/mol. The Hall–Kier alpha value is -2.11. The van der Waals surface area contributed by atoms with E-state index in [2.05, 4.69) is 35.2 Å². The highest BCUT2D eigenvalue weighted by Gasteiger charge is 2.10. The summed E-state index contributed by atoms with van der Waals surface area (Å²) in [5.74, 6) is 0.872. The molecule has 2 aromatic heterocycles. The van der Waals surface area contributed by atoms with Crippen molar-refractivity contribution in [2.75, 3.05) is 31.5 Å². The van der Waals surface area contributed by atoms with Crippen molar-refractivity contribution in [3.8, 4) is 11.1 Å². The molecule has 6 heteroatoms. The quantitative estimate of drug-likeness (QED) is 0.592. The van der Waals surface area contributed by atoms with Crippen LogP contribution < -0.4 is 5.32 Å². The highest BCUT2D eigenvalue weighted by atomic mass is 35.5. The third-order valence-corrected chi connectivity index (χ3v) is 5.11. The first-order valence-electron chi connectivity index (χ1n) is 9.19. The molecule has 0 bridgehead atoms. The van der Waals surface area contributed by atoms with Gasteiger partial charge >= 0.3 is 0 Å². The number of fused-ring (bicyclic) bond motifs is 1. The molecule has 0 atom stereocenters. The number of aromatic nitrogens is 3. The number of benzene rings is 1. The van der Waals surface area contributed by atoms with Crippen LogP contribution in [-0.4, -0.2) is 45.7 Å². The van der Waals surface area contributed by atoms with Gasteiger partial charge in [-0.3, -0.25) is 0 Å². The Morgan fingerprint density at radius 2 is 2.00 bits per heavy atom. The molecule has 1 N–H and O–H groups in total.